The second-order valence-corrected chi connectivity index (χ2v) is 7.25. The van der Waals surface area contributed by atoms with Crippen molar-refractivity contribution < 1.29 is 23.8 Å². The third-order valence-electron chi connectivity index (χ3n) is 5.17. The Hall–Kier alpha value is -3.32. The first-order valence-corrected chi connectivity index (χ1v) is 9.85. The number of amides is 2. The van der Waals surface area contributed by atoms with E-state index in [1.165, 1.54) is 0 Å². The molecule has 2 heterocycles. The van der Waals surface area contributed by atoms with Crippen molar-refractivity contribution in [2.45, 2.75) is 6.92 Å². The lowest BCUT2D eigenvalue weighted by molar-refractivity contribution is -0.137. The third kappa shape index (κ3) is 4.16. The quantitative estimate of drug-likeness (QED) is 0.770. The van der Waals surface area contributed by atoms with Crippen LogP contribution in [0, 0.1) is 6.92 Å². The summed E-state index contributed by atoms with van der Waals surface area (Å²) in [5, 5.41) is 2.88. The van der Waals surface area contributed by atoms with Crippen LogP contribution in [0.5, 0.6) is 11.5 Å². The number of benzene rings is 2. The van der Waals surface area contributed by atoms with Crippen LogP contribution in [0.25, 0.3) is 11.6 Å². The summed E-state index contributed by atoms with van der Waals surface area (Å²) in [5.41, 5.74) is 4.19. The van der Waals surface area contributed by atoms with E-state index in [1.807, 2.05) is 37.3 Å². The van der Waals surface area contributed by atoms with Gasteiger partial charge < -0.3 is 24.4 Å². The van der Waals surface area contributed by atoms with Crippen LogP contribution in [-0.4, -0.2) is 56.7 Å². The normalized spacial score (nSPS) is 16.9. The number of aryl methyl sites for hydroxylation is 1. The zero-order chi connectivity index (χ0) is 21.1. The van der Waals surface area contributed by atoms with Gasteiger partial charge in [-0.05, 0) is 42.8 Å². The van der Waals surface area contributed by atoms with Crippen LogP contribution in [0.1, 0.15) is 16.7 Å². The molecule has 0 aliphatic carbocycles. The first-order valence-electron chi connectivity index (χ1n) is 9.85. The van der Waals surface area contributed by atoms with E-state index in [-0.39, 0.29) is 18.4 Å². The highest BCUT2D eigenvalue weighted by Crippen LogP contribution is 2.35. The fraction of sp³-hybridized carbons (Fsp3) is 0.304. The van der Waals surface area contributed by atoms with Crippen molar-refractivity contribution in [3.05, 3.63) is 53.1 Å². The summed E-state index contributed by atoms with van der Waals surface area (Å²) < 4.78 is 16.4. The van der Waals surface area contributed by atoms with Gasteiger partial charge in [-0.15, -0.1) is 0 Å². The number of nitrogens with one attached hydrogen (secondary N) is 1. The van der Waals surface area contributed by atoms with E-state index in [4.69, 9.17) is 14.2 Å². The summed E-state index contributed by atoms with van der Waals surface area (Å²) in [6, 6.07) is 11.3. The van der Waals surface area contributed by atoms with Gasteiger partial charge in [-0.2, -0.15) is 0 Å². The van der Waals surface area contributed by atoms with E-state index in [9.17, 15) is 9.59 Å². The Bertz CT molecular complexity index is 1010. The highest BCUT2D eigenvalue weighted by atomic mass is 16.5. The summed E-state index contributed by atoms with van der Waals surface area (Å²) in [6.07, 6.45) is 1.83. The maximum absolute atomic E-state index is 12.4. The highest BCUT2D eigenvalue weighted by molar-refractivity contribution is 6.34. The molecule has 7 nitrogen and oxygen atoms in total. The van der Waals surface area contributed by atoms with Gasteiger partial charge in [0.05, 0.1) is 20.3 Å². The monoisotopic (exact) mass is 408 g/mol. The molecular weight excluding hydrogens is 384 g/mol. The number of rotatable bonds is 5. The molecule has 2 amide bonds. The lowest BCUT2D eigenvalue weighted by Gasteiger charge is -2.26. The predicted octanol–water partition coefficient (Wildman–Crippen LogP) is 2.73. The molecule has 2 aromatic carbocycles. The van der Waals surface area contributed by atoms with E-state index < -0.39 is 0 Å². The largest absolute Gasteiger partial charge is 0.493 e. The Morgan fingerprint density at radius 1 is 1.17 bits per heavy atom. The van der Waals surface area contributed by atoms with Gasteiger partial charge in [-0.25, -0.2) is 0 Å². The predicted molar refractivity (Wildman–Crippen MR) is 114 cm³/mol. The second-order valence-electron chi connectivity index (χ2n) is 7.25. The van der Waals surface area contributed by atoms with Crippen molar-refractivity contribution in [2.75, 3.05) is 45.3 Å². The lowest BCUT2D eigenvalue weighted by Crippen LogP contribution is -2.43. The van der Waals surface area contributed by atoms with E-state index in [0.717, 1.165) is 22.4 Å². The third-order valence-corrected chi connectivity index (χ3v) is 5.17. The van der Waals surface area contributed by atoms with E-state index in [2.05, 4.69) is 5.32 Å². The van der Waals surface area contributed by atoms with Crippen molar-refractivity contribution in [3.8, 4) is 11.5 Å². The number of fused-ring (bicyclic) bond motifs is 1. The molecule has 0 aromatic heterocycles. The van der Waals surface area contributed by atoms with Gasteiger partial charge in [0.15, 0.2) is 18.1 Å². The zero-order valence-corrected chi connectivity index (χ0v) is 17.1. The second kappa shape index (κ2) is 8.59. The molecule has 7 heteroatoms. The van der Waals surface area contributed by atoms with Crippen molar-refractivity contribution in [3.63, 3.8) is 0 Å². The van der Waals surface area contributed by atoms with Crippen LogP contribution in [-0.2, 0) is 14.3 Å². The zero-order valence-electron chi connectivity index (χ0n) is 17.1. The molecule has 2 aliphatic heterocycles. The summed E-state index contributed by atoms with van der Waals surface area (Å²) in [6.45, 7) is 4.19. The molecule has 0 radical (unpaired) electrons. The number of hydrogen-bond donors (Lipinski definition) is 1. The van der Waals surface area contributed by atoms with Gasteiger partial charge in [0.1, 0.15) is 0 Å². The van der Waals surface area contributed by atoms with E-state index in [1.54, 1.807) is 24.1 Å². The van der Waals surface area contributed by atoms with Gasteiger partial charge in [0.25, 0.3) is 11.8 Å². The van der Waals surface area contributed by atoms with Crippen LogP contribution < -0.4 is 14.8 Å². The first-order chi connectivity index (χ1) is 14.5. The molecule has 2 aromatic rings. The average molecular weight is 408 g/mol. The molecule has 1 fully saturated rings. The molecule has 2 aliphatic rings. The number of anilines is 1. The molecule has 0 atom stereocenters. The molecule has 1 N–H and O–H groups in total. The van der Waals surface area contributed by atoms with Crippen molar-refractivity contribution >= 4 is 29.2 Å². The van der Waals surface area contributed by atoms with Gasteiger partial charge in [0.2, 0.25) is 0 Å². The Balaban J connectivity index is 1.51. The standard InChI is InChI=1S/C23H24N2O5/c1-15-3-5-19-17(11-15)18(23(27)24-19)12-16-4-6-20(21(13-16)28-2)30-14-22(26)25-7-9-29-10-8-25/h3-6,11-13H,7-10,14H2,1-2H3,(H,24,27)/b18-12-. The molecule has 4 rings (SSSR count). The summed E-state index contributed by atoms with van der Waals surface area (Å²) in [4.78, 5) is 26.4. The van der Waals surface area contributed by atoms with Crippen molar-refractivity contribution in [1.29, 1.82) is 0 Å². The molecule has 0 spiro atoms. The molecule has 0 unspecified atom stereocenters. The number of methoxy groups -OCH3 is 1. The van der Waals surface area contributed by atoms with Gasteiger partial charge in [-0.1, -0.05) is 17.7 Å². The maximum atomic E-state index is 12.4. The summed E-state index contributed by atoms with van der Waals surface area (Å²) >= 11 is 0. The van der Waals surface area contributed by atoms with Crippen molar-refractivity contribution in [2.24, 2.45) is 0 Å². The molecule has 30 heavy (non-hydrogen) atoms. The summed E-state index contributed by atoms with van der Waals surface area (Å²) in [5.74, 6) is 0.766. The number of nitrogens with zero attached hydrogens (tertiary/aromatic N) is 1. The summed E-state index contributed by atoms with van der Waals surface area (Å²) in [7, 11) is 1.55. The fourth-order valence-electron chi connectivity index (χ4n) is 3.55. The van der Waals surface area contributed by atoms with Crippen LogP contribution in [0.4, 0.5) is 5.69 Å². The Morgan fingerprint density at radius 3 is 2.73 bits per heavy atom. The lowest BCUT2D eigenvalue weighted by atomic mass is 10.0. The van der Waals surface area contributed by atoms with Crippen LogP contribution in [0.3, 0.4) is 0 Å². The van der Waals surface area contributed by atoms with Crippen LogP contribution in [0.15, 0.2) is 36.4 Å². The average Bonchev–Trinajstić information content (AvgIpc) is 3.07. The molecular formula is C23H24N2O5. The number of hydrogen-bond acceptors (Lipinski definition) is 5. The molecule has 156 valence electrons. The van der Waals surface area contributed by atoms with Crippen LogP contribution >= 0.6 is 0 Å². The Kier molecular flexibility index (Phi) is 5.72. The topological polar surface area (TPSA) is 77.1 Å². The first kappa shape index (κ1) is 20.0. The molecule has 0 saturated carbocycles. The Labute approximate surface area is 175 Å². The minimum absolute atomic E-state index is 0.0636. The van der Waals surface area contributed by atoms with Gasteiger partial charge >= 0.3 is 0 Å². The number of carbonyl (C=O) groups is 2. The number of carbonyl (C=O) groups excluding carboxylic acids is 2. The minimum atomic E-state index is -0.133. The molecule has 0 bridgehead atoms. The van der Waals surface area contributed by atoms with Gasteiger partial charge in [-0.3, -0.25) is 9.59 Å². The fourth-order valence-corrected chi connectivity index (χ4v) is 3.55. The smallest absolute Gasteiger partial charge is 0.260 e. The number of ether oxygens (including phenoxy) is 3. The van der Waals surface area contributed by atoms with E-state index >= 15 is 0 Å². The van der Waals surface area contributed by atoms with Crippen molar-refractivity contribution in [1.82, 2.24) is 4.90 Å². The SMILES string of the molecule is COc1cc(/C=C2\C(=O)Nc3ccc(C)cc32)ccc1OCC(=O)N1CCOCC1. The van der Waals surface area contributed by atoms with Gasteiger partial charge in [0, 0.05) is 29.9 Å². The minimum Gasteiger partial charge on any atom is -0.493 e. The highest BCUT2D eigenvalue weighted by Gasteiger charge is 2.24. The van der Waals surface area contributed by atoms with E-state index in [0.29, 0.717) is 43.4 Å². The maximum Gasteiger partial charge on any atom is 0.260 e. The molecule has 1 saturated heterocycles. The Morgan fingerprint density at radius 2 is 1.97 bits per heavy atom. The van der Waals surface area contributed by atoms with Crippen LogP contribution in [0.2, 0.25) is 0 Å². The number of morpholine rings is 1.